The van der Waals surface area contributed by atoms with Gasteiger partial charge in [-0.1, -0.05) is 11.5 Å². The van der Waals surface area contributed by atoms with E-state index in [-0.39, 0.29) is 57.5 Å². The second-order valence-electron chi connectivity index (χ2n) is 2.80. The van der Waals surface area contributed by atoms with Crippen LogP contribution >= 0.6 is 0 Å². The number of hydrogen-bond donors (Lipinski definition) is 1. The van der Waals surface area contributed by atoms with Gasteiger partial charge >= 0.3 is 58.4 Å². The van der Waals surface area contributed by atoms with Crippen LogP contribution in [0.1, 0.15) is 0 Å². The molecule has 10 heteroatoms. The van der Waals surface area contributed by atoms with E-state index in [0.29, 0.717) is 12.1 Å². The van der Waals surface area contributed by atoms with Crippen molar-refractivity contribution in [1.82, 2.24) is 0 Å². The molecule has 0 unspecified atom stereocenters. The first-order chi connectivity index (χ1) is 6.62. The van der Waals surface area contributed by atoms with E-state index in [4.69, 9.17) is 0 Å². The molecule has 1 rings (SSSR count). The fourth-order valence-corrected chi connectivity index (χ4v) is 1.48. The summed E-state index contributed by atoms with van der Waals surface area (Å²) in [7, 11) is -4.19. The molecular weight excluding hydrogens is 276 g/mol. The van der Waals surface area contributed by atoms with Gasteiger partial charge in [0.05, 0.1) is 10.7 Å². The average Bonchev–Trinajstić information content (AvgIpc) is 1.99. The van der Waals surface area contributed by atoms with Crippen molar-refractivity contribution in [3.05, 3.63) is 24.0 Å². The van der Waals surface area contributed by atoms with E-state index in [9.17, 15) is 25.8 Å². The van der Waals surface area contributed by atoms with E-state index in [2.05, 4.69) is 5.14 Å². The largest absolute Gasteiger partial charge is 1.00 e. The Morgan fingerprint density at radius 2 is 1.69 bits per heavy atom. The van der Waals surface area contributed by atoms with Crippen LogP contribution in [0.25, 0.3) is 0 Å². The summed E-state index contributed by atoms with van der Waals surface area (Å²) in [5.41, 5.74) is -1.47. The van der Waals surface area contributed by atoms with Gasteiger partial charge in [0.2, 0.25) is 10.0 Å². The van der Waals surface area contributed by atoms with Crippen molar-refractivity contribution in [2.24, 2.45) is 5.14 Å². The van der Waals surface area contributed by atoms with Crippen molar-refractivity contribution in [2.75, 3.05) is 0 Å². The van der Waals surface area contributed by atoms with Crippen LogP contribution in [0.5, 0.6) is 0 Å². The Labute approximate surface area is 132 Å². The summed E-state index contributed by atoms with van der Waals surface area (Å²) in [6.45, 7) is -5.49. The topological polar surface area (TPSA) is 60.2 Å². The molecule has 0 amide bonds. The normalized spacial score (nSPS) is 12.1. The summed E-state index contributed by atoms with van der Waals surface area (Å²) < 4.78 is 70.6. The van der Waals surface area contributed by atoms with Crippen LogP contribution in [0.15, 0.2) is 23.1 Å². The molecule has 0 atom stereocenters. The minimum atomic E-state index is -5.49. The Bertz CT molecular complexity index is 490. The molecule has 0 heterocycles. The maximum atomic E-state index is 12.9. The molecule has 0 aromatic heterocycles. The summed E-state index contributed by atoms with van der Waals surface area (Å²) in [5, 5.41) is 4.61. The quantitative estimate of drug-likeness (QED) is 0.482. The predicted molar refractivity (Wildman–Crippen MR) is 46.5 cm³/mol. The fourth-order valence-electron chi connectivity index (χ4n) is 0.950. The zero-order valence-electron chi connectivity index (χ0n) is 8.12. The second kappa shape index (κ2) is 5.46. The number of nitrogens with two attached hydrogens (primary N) is 1. The SMILES string of the molecule is NS(=O)(=O)c1ccc([B-](F)(F)F)c(F)c1.[K+]. The molecule has 0 aliphatic heterocycles. The Kier molecular flexibility index (Phi) is 5.65. The van der Waals surface area contributed by atoms with E-state index >= 15 is 0 Å². The molecule has 0 saturated carbocycles. The maximum Gasteiger partial charge on any atom is 1.00 e. The number of benzene rings is 1. The molecule has 0 saturated heterocycles. The Balaban J connectivity index is 0.00000225. The van der Waals surface area contributed by atoms with Crippen LogP contribution in [-0.2, 0) is 10.0 Å². The van der Waals surface area contributed by atoms with E-state index < -0.39 is 33.2 Å². The van der Waals surface area contributed by atoms with E-state index in [1.54, 1.807) is 0 Å². The maximum absolute atomic E-state index is 12.9. The van der Waals surface area contributed by atoms with Crippen LogP contribution < -0.4 is 62.0 Å². The van der Waals surface area contributed by atoms with Crippen molar-refractivity contribution in [1.29, 1.82) is 0 Å². The Morgan fingerprint density at radius 1 is 1.19 bits per heavy atom. The van der Waals surface area contributed by atoms with Gasteiger partial charge in [0.25, 0.3) is 0 Å². The Morgan fingerprint density at radius 3 is 2.00 bits per heavy atom. The van der Waals surface area contributed by atoms with Crippen molar-refractivity contribution in [2.45, 2.75) is 4.90 Å². The third kappa shape index (κ3) is 4.09. The van der Waals surface area contributed by atoms with Crippen LogP contribution in [-0.4, -0.2) is 15.4 Å². The second-order valence-corrected chi connectivity index (χ2v) is 4.36. The van der Waals surface area contributed by atoms with E-state index in [1.807, 2.05) is 0 Å². The molecule has 2 N–H and O–H groups in total. The molecular formula is C6H5BF4KNO2S. The molecule has 0 fully saturated rings. The van der Waals surface area contributed by atoms with E-state index in [0.717, 1.165) is 0 Å². The summed E-state index contributed by atoms with van der Waals surface area (Å²) in [5.74, 6) is -1.64. The minimum Gasteiger partial charge on any atom is -0.445 e. The van der Waals surface area contributed by atoms with Crippen molar-refractivity contribution in [3.63, 3.8) is 0 Å². The summed E-state index contributed by atoms with van der Waals surface area (Å²) in [6, 6.07) is 1.22. The van der Waals surface area contributed by atoms with Gasteiger partial charge < -0.3 is 12.9 Å². The molecule has 0 spiro atoms. The van der Waals surface area contributed by atoms with Gasteiger partial charge in [0.15, 0.2) is 0 Å². The molecule has 0 bridgehead atoms. The first kappa shape index (κ1) is 16.6. The van der Waals surface area contributed by atoms with Gasteiger partial charge in [-0.15, -0.1) is 0 Å². The molecule has 16 heavy (non-hydrogen) atoms. The average molecular weight is 281 g/mol. The van der Waals surface area contributed by atoms with Gasteiger partial charge in [0.1, 0.15) is 0 Å². The van der Waals surface area contributed by atoms with Crippen LogP contribution in [0.2, 0.25) is 0 Å². The predicted octanol–water partition coefficient (Wildman–Crippen LogP) is -2.47. The number of rotatable bonds is 2. The third-order valence-corrected chi connectivity index (χ3v) is 2.56. The first-order valence-corrected chi connectivity index (χ1v) is 5.19. The minimum absolute atomic E-state index is 0. The van der Waals surface area contributed by atoms with Gasteiger partial charge in [-0.3, -0.25) is 0 Å². The standard InChI is InChI=1S/C6H5BF4NO2S.K/c8-6-3-4(15(12,13)14)1-2-5(6)7(9,10)11;/h1-3H,(H2,12,13,14);/q-1;+1. The first-order valence-electron chi connectivity index (χ1n) is 3.64. The van der Waals surface area contributed by atoms with Crippen LogP contribution in [0, 0.1) is 5.82 Å². The molecule has 1 aromatic carbocycles. The van der Waals surface area contributed by atoms with Crippen LogP contribution in [0.3, 0.4) is 0 Å². The summed E-state index contributed by atoms with van der Waals surface area (Å²) >= 11 is 0. The third-order valence-electron chi connectivity index (χ3n) is 1.65. The summed E-state index contributed by atoms with van der Waals surface area (Å²) in [4.78, 5) is -0.691. The van der Waals surface area contributed by atoms with Crippen molar-refractivity contribution in [3.8, 4) is 0 Å². The van der Waals surface area contributed by atoms with Gasteiger partial charge in [-0.25, -0.2) is 17.9 Å². The number of hydrogen-bond acceptors (Lipinski definition) is 2. The number of halogens is 4. The number of primary sulfonamides is 1. The Hall–Kier alpha value is 0.551. The summed E-state index contributed by atoms with van der Waals surface area (Å²) in [6.07, 6.45) is 0. The smallest absolute Gasteiger partial charge is 0.445 e. The number of sulfonamides is 1. The molecule has 0 radical (unpaired) electrons. The van der Waals surface area contributed by atoms with Gasteiger partial charge in [0, 0.05) is 0 Å². The van der Waals surface area contributed by atoms with Crippen molar-refractivity contribution >= 4 is 22.5 Å². The zero-order chi connectivity index (χ0) is 11.9. The molecule has 1 aromatic rings. The molecule has 0 aliphatic rings. The zero-order valence-corrected chi connectivity index (χ0v) is 12.1. The molecule has 84 valence electrons. The molecule has 3 nitrogen and oxygen atoms in total. The van der Waals surface area contributed by atoms with Crippen molar-refractivity contribution < 1.29 is 77.1 Å². The van der Waals surface area contributed by atoms with Gasteiger partial charge in [-0.05, 0) is 12.1 Å². The van der Waals surface area contributed by atoms with Crippen LogP contribution in [0.4, 0.5) is 17.3 Å². The van der Waals surface area contributed by atoms with Gasteiger partial charge in [-0.2, -0.15) is 0 Å². The fraction of sp³-hybridized carbons (Fsp3) is 0. The van der Waals surface area contributed by atoms with E-state index in [1.165, 1.54) is 0 Å². The molecule has 0 aliphatic carbocycles. The monoisotopic (exact) mass is 281 g/mol.